The number of piperidine rings is 3. The van der Waals surface area contributed by atoms with E-state index in [0.29, 0.717) is 30.1 Å². The number of hydrogen-bond acceptors (Lipinski definition) is 6. The SMILES string of the molecule is CC1CC(C)(C)NC(C)(C)C1.CON1C(C)(C)CC(OCC(O)CN2C(C)(C)CC(C)CC2(C)C)CC1(C)C. The number of nitrogens with one attached hydrogen (secondary N) is 1. The van der Waals surface area contributed by atoms with Gasteiger partial charge in [-0.2, -0.15) is 5.06 Å². The van der Waals surface area contributed by atoms with Crippen LogP contribution >= 0.6 is 0 Å². The maximum atomic E-state index is 10.8. The molecule has 0 amide bonds. The Balaban J connectivity index is 0.000000404. The van der Waals surface area contributed by atoms with E-state index in [9.17, 15) is 5.11 Å². The van der Waals surface area contributed by atoms with Crippen molar-refractivity contribution in [2.75, 3.05) is 20.3 Å². The van der Waals surface area contributed by atoms with Crippen molar-refractivity contribution in [2.24, 2.45) is 11.8 Å². The number of rotatable bonds is 6. The molecule has 1 atom stereocenters. The second-order valence-corrected chi connectivity index (χ2v) is 17.3. The predicted octanol–water partition coefficient (Wildman–Crippen LogP) is 6.80. The summed E-state index contributed by atoms with van der Waals surface area (Å²) in [6.45, 7) is 33.0. The van der Waals surface area contributed by atoms with Gasteiger partial charge in [-0.3, -0.25) is 4.90 Å². The third kappa shape index (κ3) is 9.64. The van der Waals surface area contributed by atoms with Gasteiger partial charge in [0.1, 0.15) is 0 Å². The Morgan fingerprint density at radius 3 is 1.49 bits per heavy atom. The number of aliphatic hydroxyl groups excluding tert-OH is 1. The molecule has 2 N–H and O–H groups in total. The van der Waals surface area contributed by atoms with E-state index in [1.54, 1.807) is 7.11 Å². The molecule has 0 saturated carbocycles. The monoisotopic (exact) mass is 554 g/mol. The summed E-state index contributed by atoms with van der Waals surface area (Å²) in [5, 5.41) is 16.6. The predicted molar refractivity (Wildman–Crippen MR) is 165 cm³/mol. The molecule has 1 unspecified atom stereocenters. The van der Waals surface area contributed by atoms with Crippen molar-refractivity contribution in [3.63, 3.8) is 0 Å². The number of aliphatic hydroxyl groups is 1. The fraction of sp³-hybridized carbons (Fsp3) is 1.00. The van der Waals surface area contributed by atoms with Gasteiger partial charge in [-0.05, 0) is 133 Å². The molecular weight excluding hydrogens is 486 g/mol. The lowest BCUT2D eigenvalue weighted by molar-refractivity contribution is -0.281. The van der Waals surface area contributed by atoms with Crippen LogP contribution in [-0.2, 0) is 9.57 Å². The van der Waals surface area contributed by atoms with Gasteiger partial charge >= 0.3 is 0 Å². The molecule has 6 heteroatoms. The molecule has 3 aliphatic rings. The minimum Gasteiger partial charge on any atom is -0.389 e. The minimum absolute atomic E-state index is 0.0932. The van der Waals surface area contributed by atoms with Crippen LogP contribution in [0.1, 0.15) is 135 Å². The molecule has 232 valence electrons. The Bertz CT molecular complexity index is 737. The first kappa shape index (κ1) is 35.0. The quantitative estimate of drug-likeness (QED) is 0.377. The molecule has 3 rings (SSSR count). The van der Waals surface area contributed by atoms with E-state index in [0.717, 1.165) is 18.8 Å². The van der Waals surface area contributed by atoms with Crippen molar-refractivity contribution in [1.82, 2.24) is 15.3 Å². The zero-order valence-electron chi connectivity index (χ0n) is 28.6. The Hall–Kier alpha value is -0.240. The summed E-state index contributed by atoms with van der Waals surface area (Å²) in [6, 6.07) is 0. The normalized spacial score (nSPS) is 29.8. The van der Waals surface area contributed by atoms with Crippen LogP contribution in [0.2, 0.25) is 0 Å². The fourth-order valence-corrected chi connectivity index (χ4v) is 9.44. The standard InChI is InChI=1S/C23H46N2O3.C10H21N/c1-17-11-20(2,3)24(21(4,5)12-17)15-18(26)16-28-19-13-22(6,7)25(27-10)23(8,9)14-19;1-8-6-9(2,3)11-10(4,5)7-8/h17-19,26H,11-16H2,1-10H3;8,11H,6-7H2,1-5H3. The summed E-state index contributed by atoms with van der Waals surface area (Å²) in [7, 11) is 1.75. The maximum Gasteiger partial charge on any atom is 0.0900 e. The molecule has 0 aliphatic carbocycles. The highest BCUT2D eigenvalue weighted by Gasteiger charge is 2.47. The Morgan fingerprint density at radius 1 is 0.692 bits per heavy atom. The number of nitrogens with zero attached hydrogens (tertiary/aromatic N) is 2. The molecule has 3 heterocycles. The Morgan fingerprint density at radius 2 is 1.10 bits per heavy atom. The van der Waals surface area contributed by atoms with Gasteiger partial charge in [-0.15, -0.1) is 0 Å². The minimum atomic E-state index is -0.473. The summed E-state index contributed by atoms with van der Waals surface area (Å²) in [5.74, 6) is 1.58. The van der Waals surface area contributed by atoms with Crippen molar-refractivity contribution < 1.29 is 14.7 Å². The van der Waals surface area contributed by atoms with Gasteiger partial charge in [0.15, 0.2) is 0 Å². The Labute approximate surface area is 242 Å². The number of likely N-dealkylation sites (tertiary alicyclic amines) is 1. The highest BCUT2D eigenvalue weighted by atomic mass is 16.7. The number of β-amino-alcohol motifs (C(OH)–C–C–N with tert-alkyl or cyclic N) is 1. The van der Waals surface area contributed by atoms with Crippen LogP contribution in [0.15, 0.2) is 0 Å². The number of hydroxylamine groups is 2. The third-order valence-corrected chi connectivity index (χ3v) is 9.21. The second-order valence-electron chi connectivity index (χ2n) is 17.3. The summed E-state index contributed by atoms with van der Waals surface area (Å²) in [4.78, 5) is 8.17. The first-order valence-corrected chi connectivity index (χ1v) is 15.6. The molecule has 0 radical (unpaired) electrons. The highest BCUT2D eigenvalue weighted by molar-refractivity contribution is 5.00. The van der Waals surface area contributed by atoms with E-state index in [2.05, 4.69) is 112 Å². The van der Waals surface area contributed by atoms with Gasteiger partial charge in [-0.1, -0.05) is 13.8 Å². The van der Waals surface area contributed by atoms with Crippen LogP contribution in [0.3, 0.4) is 0 Å². The van der Waals surface area contributed by atoms with Gasteiger partial charge in [0, 0.05) is 39.8 Å². The number of hydrogen-bond donors (Lipinski definition) is 2. The van der Waals surface area contributed by atoms with Crippen LogP contribution in [0.25, 0.3) is 0 Å². The average molecular weight is 554 g/mol. The lowest BCUT2D eigenvalue weighted by atomic mass is 9.74. The van der Waals surface area contributed by atoms with Gasteiger partial charge in [0.25, 0.3) is 0 Å². The zero-order valence-corrected chi connectivity index (χ0v) is 28.6. The summed E-state index contributed by atoms with van der Waals surface area (Å²) >= 11 is 0. The summed E-state index contributed by atoms with van der Waals surface area (Å²) in [6.07, 6.45) is 6.40. The van der Waals surface area contributed by atoms with Crippen LogP contribution in [0.4, 0.5) is 0 Å². The first-order chi connectivity index (χ1) is 17.4. The second kappa shape index (κ2) is 12.2. The van der Waals surface area contributed by atoms with Crippen molar-refractivity contribution in [1.29, 1.82) is 0 Å². The third-order valence-electron chi connectivity index (χ3n) is 9.21. The molecule has 0 spiro atoms. The Kier molecular flexibility index (Phi) is 10.9. The van der Waals surface area contributed by atoms with Crippen LogP contribution in [-0.4, -0.2) is 80.8 Å². The van der Waals surface area contributed by atoms with Crippen molar-refractivity contribution >= 4 is 0 Å². The largest absolute Gasteiger partial charge is 0.389 e. The van der Waals surface area contributed by atoms with Crippen molar-refractivity contribution in [3.05, 3.63) is 0 Å². The molecular formula is C33H67N3O3. The van der Waals surface area contributed by atoms with Gasteiger partial charge in [0.2, 0.25) is 0 Å². The van der Waals surface area contributed by atoms with E-state index in [-0.39, 0.29) is 28.3 Å². The van der Waals surface area contributed by atoms with Gasteiger partial charge < -0.3 is 20.0 Å². The van der Waals surface area contributed by atoms with Gasteiger partial charge in [0.05, 0.1) is 25.9 Å². The molecule has 0 aromatic heterocycles. The van der Waals surface area contributed by atoms with Crippen LogP contribution in [0, 0.1) is 11.8 Å². The highest BCUT2D eigenvalue weighted by Crippen LogP contribution is 2.42. The van der Waals surface area contributed by atoms with Gasteiger partial charge in [-0.25, -0.2) is 0 Å². The van der Waals surface area contributed by atoms with E-state index in [1.165, 1.54) is 25.7 Å². The first-order valence-electron chi connectivity index (χ1n) is 15.6. The molecule has 0 aromatic rings. The van der Waals surface area contributed by atoms with E-state index in [1.807, 2.05) is 0 Å². The fourth-order valence-electron chi connectivity index (χ4n) is 9.44. The van der Waals surface area contributed by atoms with Crippen molar-refractivity contribution in [3.8, 4) is 0 Å². The molecule has 6 nitrogen and oxygen atoms in total. The molecule has 0 aromatic carbocycles. The maximum absolute atomic E-state index is 10.8. The topological polar surface area (TPSA) is 57.2 Å². The number of ether oxygens (including phenoxy) is 1. The molecule has 3 fully saturated rings. The lowest BCUT2D eigenvalue weighted by Gasteiger charge is -2.55. The summed E-state index contributed by atoms with van der Waals surface area (Å²) in [5.41, 5.74) is 0.659. The van der Waals surface area contributed by atoms with E-state index >= 15 is 0 Å². The average Bonchev–Trinajstić information content (AvgIpc) is 2.64. The smallest absolute Gasteiger partial charge is 0.0900 e. The molecule has 3 aliphatic heterocycles. The van der Waals surface area contributed by atoms with Crippen LogP contribution < -0.4 is 5.32 Å². The van der Waals surface area contributed by atoms with E-state index < -0.39 is 6.10 Å². The zero-order chi connectivity index (χ0) is 30.2. The van der Waals surface area contributed by atoms with E-state index in [4.69, 9.17) is 9.57 Å². The van der Waals surface area contributed by atoms with Crippen LogP contribution in [0.5, 0.6) is 0 Å². The lowest BCUT2D eigenvalue weighted by Crippen LogP contribution is -2.63. The van der Waals surface area contributed by atoms with Crippen molar-refractivity contribution in [2.45, 2.75) is 181 Å². The molecule has 0 bridgehead atoms. The molecule has 39 heavy (non-hydrogen) atoms. The summed E-state index contributed by atoms with van der Waals surface area (Å²) < 4.78 is 6.25. The molecule has 3 saturated heterocycles.